The summed E-state index contributed by atoms with van der Waals surface area (Å²) in [6, 6.07) is 21.9. The summed E-state index contributed by atoms with van der Waals surface area (Å²) in [5.41, 5.74) is 2.20. The molecule has 2 atom stereocenters. The van der Waals surface area contributed by atoms with Crippen molar-refractivity contribution in [2.24, 2.45) is 5.92 Å². The number of nitrogens with zero attached hydrogens (tertiary/aromatic N) is 1. The number of amides is 2. The Bertz CT molecular complexity index is 1420. The zero-order valence-electron chi connectivity index (χ0n) is 22.2. The van der Waals surface area contributed by atoms with Crippen molar-refractivity contribution in [1.82, 2.24) is 14.9 Å². The number of aryl methyl sites for hydroxylation is 1. The minimum Gasteiger partial charge on any atom is -0.479 e. The number of rotatable bonds is 10. The Labute approximate surface area is 234 Å². The third kappa shape index (κ3) is 7.34. The van der Waals surface area contributed by atoms with Crippen LogP contribution in [-0.2, 0) is 30.8 Å². The van der Waals surface area contributed by atoms with E-state index in [1.807, 2.05) is 37.3 Å². The first-order valence-electron chi connectivity index (χ1n) is 13.1. The molecule has 1 saturated heterocycles. The molecule has 0 aromatic heterocycles. The minimum atomic E-state index is -3.97. The van der Waals surface area contributed by atoms with Gasteiger partial charge in [-0.3, -0.25) is 9.59 Å². The Kier molecular flexibility index (Phi) is 9.34. The average Bonchev–Trinajstić information content (AvgIpc) is 2.96. The molecule has 2 unspecified atom stereocenters. The van der Waals surface area contributed by atoms with Gasteiger partial charge in [0.15, 0.2) is 6.04 Å². The summed E-state index contributed by atoms with van der Waals surface area (Å²) in [5, 5.41) is 12.3. The van der Waals surface area contributed by atoms with Crippen molar-refractivity contribution in [1.29, 1.82) is 0 Å². The van der Waals surface area contributed by atoms with Gasteiger partial charge in [-0.15, -0.1) is 0 Å². The SMILES string of the molecule is Cc1ccc(S(=O)(=O)NC(Cc2ccccc2)C(=O)N2CCC(C(=O)NC(C(=O)O)c3ccccc3)CC2)cc1. The van der Waals surface area contributed by atoms with Gasteiger partial charge in [0.2, 0.25) is 21.8 Å². The normalized spacial score (nSPS) is 15.7. The molecule has 10 heteroatoms. The van der Waals surface area contributed by atoms with Gasteiger partial charge in [-0.05, 0) is 49.4 Å². The molecule has 1 aliphatic heterocycles. The molecule has 0 bridgehead atoms. The predicted molar refractivity (Wildman–Crippen MR) is 150 cm³/mol. The van der Waals surface area contributed by atoms with E-state index in [2.05, 4.69) is 10.0 Å². The summed E-state index contributed by atoms with van der Waals surface area (Å²) in [4.78, 5) is 40.0. The molecule has 210 valence electrons. The maximum absolute atomic E-state index is 13.6. The fourth-order valence-electron chi connectivity index (χ4n) is 4.78. The molecule has 1 fully saturated rings. The second kappa shape index (κ2) is 12.9. The van der Waals surface area contributed by atoms with Gasteiger partial charge < -0.3 is 15.3 Å². The third-order valence-corrected chi connectivity index (χ3v) is 8.54. The molecule has 4 rings (SSSR count). The standard InChI is InChI=1S/C30H33N3O6S/c1-21-12-14-25(15-13-21)40(38,39)32-26(20-22-8-4-2-5-9-22)29(35)33-18-16-24(17-19-33)28(34)31-27(30(36)37)23-10-6-3-7-11-23/h2-15,24,26-27,32H,16-20H2,1H3,(H,31,34)(H,36,37). The van der Waals surface area contributed by atoms with E-state index in [9.17, 15) is 27.9 Å². The van der Waals surface area contributed by atoms with Gasteiger partial charge in [0, 0.05) is 19.0 Å². The number of nitrogens with one attached hydrogen (secondary N) is 2. The number of aliphatic carboxylic acids is 1. The summed E-state index contributed by atoms with van der Waals surface area (Å²) >= 11 is 0. The van der Waals surface area contributed by atoms with E-state index in [4.69, 9.17) is 0 Å². The Morgan fingerprint density at radius 3 is 2.05 bits per heavy atom. The number of carbonyl (C=O) groups is 3. The van der Waals surface area contributed by atoms with Gasteiger partial charge in [-0.2, -0.15) is 4.72 Å². The first-order chi connectivity index (χ1) is 19.1. The summed E-state index contributed by atoms with van der Waals surface area (Å²) < 4.78 is 28.9. The van der Waals surface area contributed by atoms with E-state index in [0.717, 1.165) is 11.1 Å². The zero-order chi connectivity index (χ0) is 28.7. The average molecular weight is 564 g/mol. The first-order valence-corrected chi connectivity index (χ1v) is 14.6. The number of carboxylic acid groups (broad SMARTS) is 1. The van der Waals surface area contributed by atoms with Crippen molar-refractivity contribution in [2.75, 3.05) is 13.1 Å². The van der Waals surface area contributed by atoms with Crippen molar-refractivity contribution in [3.63, 3.8) is 0 Å². The van der Waals surface area contributed by atoms with Crippen LogP contribution in [0.1, 0.15) is 35.6 Å². The number of carboxylic acids is 1. The van der Waals surface area contributed by atoms with E-state index in [0.29, 0.717) is 18.4 Å². The minimum absolute atomic E-state index is 0.0748. The topological polar surface area (TPSA) is 133 Å². The Morgan fingerprint density at radius 2 is 1.48 bits per heavy atom. The van der Waals surface area contributed by atoms with E-state index in [1.54, 1.807) is 47.4 Å². The van der Waals surface area contributed by atoms with Crippen LogP contribution in [0.25, 0.3) is 0 Å². The maximum Gasteiger partial charge on any atom is 0.330 e. The van der Waals surface area contributed by atoms with Gasteiger partial charge in [-0.1, -0.05) is 78.4 Å². The molecule has 9 nitrogen and oxygen atoms in total. The van der Waals surface area contributed by atoms with Gasteiger partial charge in [0.05, 0.1) is 4.90 Å². The van der Waals surface area contributed by atoms with Gasteiger partial charge >= 0.3 is 5.97 Å². The van der Waals surface area contributed by atoms with Crippen molar-refractivity contribution >= 4 is 27.8 Å². The Balaban J connectivity index is 1.44. The number of piperidine rings is 1. The number of benzene rings is 3. The highest BCUT2D eigenvalue weighted by Gasteiger charge is 2.34. The zero-order valence-corrected chi connectivity index (χ0v) is 23.0. The quantitative estimate of drug-likeness (QED) is 0.347. The van der Waals surface area contributed by atoms with Gasteiger partial charge in [0.1, 0.15) is 6.04 Å². The molecule has 0 radical (unpaired) electrons. The number of likely N-dealkylation sites (tertiary alicyclic amines) is 1. The highest BCUT2D eigenvalue weighted by Crippen LogP contribution is 2.22. The largest absolute Gasteiger partial charge is 0.479 e. The monoisotopic (exact) mass is 563 g/mol. The van der Waals surface area contributed by atoms with E-state index in [1.165, 1.54) is 12.1 Å². The highest BCUT2D eigenvalue weighted by molar-refractivity contribution is 7.89. The number of hydrogen-bond donors (Lipinski definition) is 3. The molecule has 1 heterocycles. The summed E-state index contributed by atoms with van der Waals surface area (Å²) in [5.74, 6) is -2.38. The maximum atomic E-state index is 13.6. The predicted octanol–water partition coefficient (Wildman–Crippen LogP) is 3.07. The molecule has 0 spiro atoms. The van der Waals surface area contributed by atoms with Crippen LogP contribution in [0.4, 0.5) is 0 Å². The van der Waals surface area contributed by atoms with Crippen LogP contribution in [-0.4, -0.2) is 55.3 Å². The lowest BCUT2D eigenvalue weighted by molar-refractivity contribution is -0.143. The molecule has 3 aromatic carbocycles. The van der Waals surface area contributed by atoms with Gasteiger partial charge in [-0.25, -0.2) is 13.2 Å². The van der Waals surface area contributed by atoms with Crippen LogP contribution < -0.4 is 10.0 Å². The molecule has 2 amide bonds. The summed E-state index contributed by atoms with van der Waals surface area (Å²) in [6.45, 7) is 2.36. The molecule has 0 saturated carbocycles. The van der Waals surface area contributed by atoms with E-state index >= 15 is 0 Å². The summed E-state index contributed by atoms with van der Waals surface area (Å²) in [7, 11) is -3.97. The van der Waals surface area contributed by atoms with Crippen molar-refractivity contribution in [3.8, 4) is 0 Å². The van der Waals surface area contributed by atoms with Crippen LogP contribution in [0.2, 0.25) is 0 Å². The van der Waals surface area contributed by atoms with E-state index < -0.39 is 34.0 Å². The Hall–Kier alpha value is -4.02. The lowest BCUT2D eigenvalue weighted by Gasteiger charge is -2.34. The second-order valence-corrected chi connectivity index (χ2v) is 11.7. The molecule has 3 aromatic rings. The fourth-order valence-corrected chi connectivity index (χ4v) is 5.97. The van der Waals surface area contributed by atoms with Crippen molar-refractivity contribution in [3.05, 3.63) is 102 Å². The number of sulfonamides is 1. The lowest BCUT2D eigenvalue weighted by atomic mass is 9.94. The molecular weight excluding hydrogens is 530 g/mol. The van der Waals surface area contributed by atoms with Crippen molar-refractivity contribution in [2.45, 2.75) is 43.2 Å². The molecule has 40 heavy (non-hydrogen) atoms. The van der Waals surface area contributed by atoms with Crippen LogP contribution in [0.5, 0.6) is 0 Å². The number of carbonyl (C=O) groups excluding carboxylic acids is 2. The van der Waals surface area contributed by atoms with Crippen LogP contribution in [0.3, 0.4) is 0 Å². The molecular formula is C30H33N3O6S. The van der Waals surface area contributed by atoms with Crippen LogP contribution in [0.15, 0.2) is 89.8 Å². The fraction of sp³-hybridized carbons (Fsp3) is 0.300. The molecule has 3 N–H and O–H groups in total. The third-order valence-electron chi connectivity index (χ3n) is 7.05. The van der Waals surface area contributed by atoms with Gasteiger partial charge in [0.25, 0.3) is 0 Å². The highest BCUT2D eigenvalue weighted by atomic mass is 32.2. The smallest absolute Gasteiger partial charge is 0.330 e. The van der Waals surface area contributed by atoms with Crippen molar-refractivity contribution < 1.29 is 27.9 Å². The molecule has 1 aliphatic rings. The summed E-state index contributed by atoms with van der Waals surface area (Å²) in [6.07, 6.45) is 0.839. The first kappa shape index (κ1) is 29.0. The second-order valence-electron chi connectivity index (χ2n) is 9.97. The van der Waals surface area contributed by atoms with Crippen LogP contribution in [0, 0.1) is 12.8 Å². The Morgan fingerprint density at radius 1 is 0.900 bits per heavy atom. The molecule has 0 aliphatic carbocycles. The van der Waals surface area contributed by atoms with E-state index in [-0.39, 0.29) is 36.2 Å². The van der Waals surface area contributed by atoms with Crippen LogP contribution >= 0.6 is 0 Å². The lowest BCUT2D eigenvalue weighted by Crippen LogP contribution is -2.52. The number of hydrogen-bond acceptors (Lipinski definition) is 5.